The Morgan fingerprint density at radius 3 is 1.59 bits per heavy atom. The monoisotopic (exact) mass is 990 g/mol. The third-order valence-electron chi connectivity index (χ3n) is 8.88. The number of hydrogen-bond donors (Lipinski definition) is 3. The van der Waals surface area contributed by atoms with Gasteiger partial charge in [-0.25, -0.2) is 19.2 Å². The lowest BCUT2D eigenvalue weighted by Crippen LogP contribution is -2.54. The van der Waals surface area contributed by atoms with Gasteiger partial charge in [0.25, 0.3) is 0 Å². The molecule has 3 N–H and O–H groups in total. The molecule has 1 fully saturated rings. The molecule has 0 bridgehead atoms. The van der Waals surface area contributed by atoms with Crippen molar-refractivity contribution in [2.45, 2.75) is 120 Å². The number of carbonyl (C=O) groups excluding carboxylic acids is 4. The average molecular weight is 992 g/mol. The third kappa shape index (κ3) is 19.6. The molecule has 2 atom stereocenters. The SMILES string of the molecule is CC(C)(C)OC(=O)N[C@H](CN1CCN(C(=O)OCc2ccccc2)S1(=O)=O)C(C)(C)C.CC(C)(C)OC(=O)N[C@H](CNS(=O)(=O)N(CCBr)C(=O)OCc1ccccc1)C(C)(C)C. The van der Waals surface area contributed by atoms with E-state index in [0.29, 0.717) is 4.31 Å². The number of nitrogens with zero attached hydrogens (tertiary/aromatic N) is 3. The summed E-state index contributed by atoms with van der Waals surface area (Å²) in [6.07, 6.45) is -3.19. The van der Waals surface area contributed by atoms with Crippen molar-refractivity contribution >= 4 is 60.7 Å². The number of halogens is 1. The van der Waals surface area contributed by atoms with Crippen LogP contribution in [0.4, 0.5) is 19.2 Å². The maximum Gasteiger partial charge on any atom is 0.424 e. The molecule has 356 valence electrons. The topological polar surface area (TPSA) is 219 Å². The zero-order valence-electron chi connectivity index (χ0n) is 38.5. The normalized spacial score (nSPS) is 15.5. The molecule has 0 aliphatic carbocycles. The Labute approximate surface area is 382 Å². The summed E-state index contributed by atoms with van der Waals surface area (Å²) in [4.78, 5) is 49.4. The molecule has 1 heterocycles. The number of alkyl halides is 1. The smallest absolute Gasteiger partial charge is 0.424 e. The highest BCUT2D eigenvalue weighted by Gasteiger charge is 2.44. The van der Waals surface area contributed by atoms with Gasteiger partial charge in [0.15, 0.2) is 0 Å². The van der Waals surface area contributed by atoms with E-state index in [-0.39, 0.29) is 51.3 Å². The van der Waals surface area contributed by atoms with Crippen molar-refractivity contribution in [1.29, 1.82) is 0 Å². The first-order valence-electron chi connectivity index (χ1n) is 20.4. The highest BCUT2D eigenvalue weighted by atomic mass is 79.9. The van der Waals surface area contributed by atoms with Gasteiger partial charge in [-0.15, -0.1) is 0 Å². The lowest BCUT2D eigenvalue weighted by Gasteiger charge is -2.34. The van der Waals surface area contributed by atoms with Crippen molar-refractivity contribution in [1.82, 2.24) is 28.3 Å². The molecule has 3 rings (SSSR count). The van der Waals surface area contributed by atoms with Gasteiger partial charge in [-0.2, -0.15) is 34.5 Å². The van der Waals surface area contributed by atoms with Crippen molar-refractivity contribution in [3.63, 3.8) is 0 Å². The van der Waals surface area contributed by atoms with E-state index in [1.54, 1.807) is 77.9 Å². The van der Waals surface area contributed by atoms with Crippen molar-refractivity contribution < 1.29 is 55.0 Å². The molecule has 1 aliphatic heterocycles. The summed E-state index contributed by atoms with van der Waals surface area (Å²) < 4.78 is 77.5. The molecule has 2 aromatic carbocycles. The quantitative estimate of drug-likeness (QED) is 0.130. The fourth-order valence-electron chi connectivity index (χ4n) is 5.39. The summed E-state index contributed by atoms with van der Waals surface area (Å²) in [5.74, 6) is 0. The van der Waals surface area contributed by atoms with Crippen LogP contribution in [0.2, 0.25) is 0 Å². The second-order valence-electron chi connectivity index (χ2n) is 18.8. The summed E-state index contributed by atoms with van der Waals surface area (Å²) in [6, 6.07) is 16.8. The number of ether oxygens (including phenoxy) is 4. The van der Waals surface area contributed by atoms with E-state index < -0.39 is 78.9 Å². The minimum Gasteiger partial charge on any atom is -0.444 e. The molecular formula is C42H67BrN6O12S2. The second-order valence-corrected chi connectivity index (χ2v) is 23.1. The van der Waals surface area contributed by atoms with E-state index in [0.717, 1.165) is 15.4 Å². The maximum absolute atomic E-state index is 12.9. The van der Waals surface area contributed by atoms with Crippen LogP contribution in [0, 0.1) is 10.8 Å². The molecule has 1 aliphatic rings. The molecule has 0 saturated carbocycles. The molecule has 18 nitrogen and oxygen atoms in total. The zero-order chi connectivity index (χ0) is 48.0. The number of hydrogen-bond acceptors (Lipinski definition) is 12. The fourth-order valence-corrected chi connectivity index (χ4v) is 8.58. The van der Waals surface area contributed by atoms with E-state index >= 15 is 0 Å². The maximum atomic E-state index is 12.9. The van der Waals surface area contributed by atoms with Crippen LogP contribution in [0.15, 0.2) is 60.7 Å². The Morgan fingerprint density at radius 2 is 1.16 bits per heavy atom. The number of nitrogens with one attached hydrogen (secondary N) is 3. The van der Waals surface area contributed by atoms with Crippen LogP contribution in [0.1, 0.15) is 94.2 Å². The number of rotatable bonds is 14. The van der Waals surface area contributed by atoms with Crippen LogP contribution in [-0.4, -0.2) is 115 Å². The average Bonchev–Trinajstić information content (AvgIpc) is 3.44. The van der Waals surface area contributed by atoms with E-state index in [9.17, 15) is 36.0 Å². The molecule has 0 spiro atoms. The van der Waals surface area contributed by atoms with E-state index in [1.165, 1.54) is 4.31 Å². The molecule has 4 amide bonds. The minimum absolute atomic E-state index is 0.00748. The fraction of sp³-hybridized carbons (Fsp3) is 0.619. The second kappa shape index (κ2) is 23.1. The zero-order valence-corrected chi connectivity index (χ0v) is 41.7. The van der Waals surface area contributed by atoms with Crippen molar-refractivity contribution in [2.75, 3.05) is 38.1 Å². The minimum atomic E-state index is -4.23. The lowest BCUT2D eigenvalue weighted by molar-refractivity contribution is 0.0448. The van der Waals surface area contributed by atoms with Gasteiger partial charge in [0.2, 0.25) is 0 Å². The summed E-state index contributed by atoms with van der Waals surface area (Å²) >= 11 is 3.16. The first-order valence-corrected chi connectivity index (χ1v) is 24.3. The molecule has 21 heteroatoms. The van der Waals surface area contributed by atoms with Crippen LogP contribution < -0.4 is 15.4 Å². The lowest BCUT2D eigenvalue weighted by atomic mass is 9.86. The molecule has 1 saturated heterocycles. The third-order valence-corrected chi connectivity index (χ3v) is 12.6. The van der Waals surface area contributed by atoms with Crippen molar-refractivity contribution in [3.8, 4) is 0 Å². The van der Waals surface area contributed by atoms with Gasteiger partial charge < -0.3 is 29.6 Å². The molecule has 63 heavy (non-hydrogen) atoms. The first-order chi connectivity index (χ1) is 28.9. The van der Waals surface area contributed by atoms with E-state index in [4.69, 9.17) is 18.9 Å². The highest BCUT2D eigenvalue weighted by Crippen LogP contribution is 2.26. The molecular weight excluding hydrogens is 925 g/mol. The van der Waals surface area contributed by atoms with Gasteiger partial charge in [0.1, 0.15) is 24.4 Å². The Balaban J connectivity index is 0.000000434. The van der Waals surface area contributed by atoms with Gasteiger partial charge in [0.05, 0.1) is 25.2 Å². The largest absolute Gasteiger partial charge is 0.444 e. The van der Waals surface area contributed by atoms with E-state index in [1.807, 2.05) is 65.8 Å². The van der Waals surface area contributed by atoms with Gasteiger partial charge in [0, 0.05) is 25.0 Å². The number of benzene rings is 2. The summed E-state index contributed by atoms with van der Waals surface area (Å²) in [7, 11) is -8.29. The van der Waals surface area contributed by atoms with Crippen LogP contribution in [-0.2, 0) is 52.6 Å². The summed E-state index contributed by atoms with van der Waals surface area (Å²) in [6.45, 7) is 21.5. The Kier molecular flexibility index (Phi) is 20.2. The Hall–Kier alpha value is -4.18. The van der Waals surface area contributed by atoms with Crippen molar-refractivity contribution in [2.24, 2.45) is 10.8 Å². The van der Waals surface area contributed by atoms with Crippen LogP contribution in [0.25, 0.3) is 0 Å². The summed E-state index contributed by atoms with van der Waals surface area (Å²) in [5.41, 5.74) is -0.813. The molecule has 2 aromatic rings. The predicted octanol–water partition coefficient (Wildman–Crippen LogP) is 6.92. The predicted molar refractivity (Wildman–Crippen MR) is 243 cm³/mol. The Bertz CT molecular complexity index is 2020. The molecule has 0 aromatic heterocycles. The first kappa shape index (κ1) is 55.0. The number of alkyl carbamates (subject to hydrolysis) is 2. The standard InChI is InChI=1S/C21H34BrN3O6S.C21H33N3O6S/c1-20(2,3)17(24-18(26)31-21(4,5)6)14-23-32(28,29)25(13-12-22)19(27)30-15-16-10-8-7-9-11-16;1-20(2,3)17(22-18(25)30-21(4,5)6)14-23-12-13-24(31(23,27)28)19(26)29-15-16-10-8-7-9-11-16/h7-11,17,23H,12-15H2,1-6H3,(H,24,26);7-11,17H,12-15H2,1-6H3,(H,22,25)/t2*17-/m11/s1. The number of carbonyl (C=O) groups is 4. The van der Waals surface area contributed by atoms with Crippen molar-refractivity contribution in [3.05, 3.63) is 71.8 Å². The molecule has 0 radical (unpaired) electrons. The number of amides is 4. The Morgan fingerprint density at radius 1 is 0.714 bits per heavy atom. The summed E-state index contributed by atoms with van der Waals surface area (Å²) in [5, 5.41) is 5.70. The van der Waals surface area contributed by atoms with Gasteiger partial charge in [-0.3, -0.25) is 0 Å². The highest BCUT2D eigenvalue weighted by molar-refractivity contribution is 9.09. The van der Waals surface area contributed by atoms with Gasteiger partial charge in [-0.05, 0) is 63.5 Å². The van der Waals surface area contributed by atoms with Gasteiger partial charge in [-0.1, -0.05) is 118 Å². The van der Waals surface area contributed by atoms with Crippen LogP contribution in [0.3, 0.4) is 0 Å². The van der Waals surface area contributed by atoms with Gasteiger partial charge >= 0.3 is 44.8 Å². The van der Waals surface area contributed by atoms with E-state index in [2.05, 4.69) is 31.3 Å². The van der Waals surface area contributed by atoms with Crippen LogP contribution in [0.5, 0.6) is 0 Å². The van der Waals surface area contributed by atoms with Crippen LogP contribution >= 0.6 is 15.9 Å². The molecule has 0 unspecified atom stereocenters.